The standard InChI is InChI=1S/C12H14IN3O/c1-9-15-12(17-16-9)6-7-14-8-10-2-4-11(13)5-3-10/h2-5,14H,6-8H2,1H3. The minimum absolute atomic E-state index is 0.692. The molecule has 1 heterocycles. The third-order valence-corrected chi connectivity index (χ3v) is 3.05. The van der Waals surface area contributed by atoms with Gasteiger partial charge in [-0.3, -0.25) is 0 Å². The monoisotopic (exact) mass is 343 g/mol. The van der Waals surface area contributed by atoms with Gasteiger partial charge in [0.15, 0.2) is 5.82 Å². The molecule has 1 aromatic carbocycles. The van der Waals surface area contributed by atoms with E-state index in [1.54, 1.807) is 0 Å². The fourth-order valence-electron chi connectivity index (χ4n) is 1.47. The summed E-state index contributed by atoms with van der Waals surface area (Å²) < 4.78 is 6.29. The molecule has 0 saturated carbocycles. The third kappa shape index (κ3) is 4.08. The van der Waals surface area contributed by atoms with Gasteiger partial charge in [0.1, 0.15) is 0 Å². The zero-order chi connectivity index (χ0) is 12.1. The van der Waals surface area contributed by atoms with Crippen LogP contribution in [0.4, 0.5) is 0 Å². The molecule has 2 rings (SSSR count). The molecule has 0 aliphatic carbocycles. The Balaban J connectivity index is 1.71. The molecule has 0 saturated heterocycles. The Morgan fingerprint density at radius 1 is 1.29 bits per heavy atom. The van der Waals surface area contributed by atoms with Crippen molar-refractivity contribution < 1.29 is 4.52 Å². The van der Waals surface area contributed by atoms with Gasteiger partial charge in [0.25, 0.3) is 0 Å². The normalized spacial score (nSPS) is 10.7. The van der Waals surface area contributed by atoms with E-state index in [0.717, 1.165) is 19.5 Å². The molecule has 0 aliphatic heterocycles. The summed E-state index contributed by atoms with van der Waals surface area (Å²) in [7, 11) is 0. The lowest BCUT2D eigenvalue weighted by atomic mass is 10.2. The lowest BCUT2D eigenvalue weighted by Gasteiger charge is -2.03. The number of nitrogens with zero attached hydrogens (tertiary/aromatic N) is 2. The molecule has 5 heteroatoms. The van der Waals surface area contributed by atoms with E-state index in [1.807, 2.05) is 6.92 Å². The maximum absolute atomic E-state index is 5.03. The van der Waals surface area contributed by atoms with Crippen molar-refractivity contribution in [1.82, 2.24) is 15.5 Å². The van der Waals surface area contributed by atoms with Crippen LogP contribution in [0.15, 0.2) is 28.8 Å². The number of rotatable bonds is 5. The molecule has 2 aromatic rings. The molecule has 17 heavy (non-hydrogen) atoms. The first-order chi connectivity index (χ1) is 8.24. The second-order valence-corrected chi connectivity index (χ2v) is 5.03. The smallest absolute Gasteiger partial charge is 0.227 e. The third-order valence-electron chi connectivity index (χ3n) is 2.33. The second kappa shape index (κ2) is 6.11. The van der Waals surface area contributed by atoms with Gasteiger partial charge in [-0.2, -0.15) is 4.98 Å². The summed E-state index contributed by atoms with van der Waals surface area (Å²) in [6.45, 7) is 3.53. The molecular weight excluding hydrogens is 329 g/mol. The molecule has 0 atom stereocenters. The van der Waals surface area contributed by atoms with Crippen LogP contribution in [0.1, 0.15) is 17.3 Å². The summed E-state index contributed by atoms with van der Waals surface area (Å²) >= 11 is 2.30. The van der Waals surface area contributed by atoms with Gasteiger partial charge in [0.05, 0.1) is 0 Å². The highest BCUT2D eigenvalue weighted by Crippen LogP contribution is 2.06. The van der Waals surface area contributed by atoms with Crippen molar-refractivity contribution in [3.8, 4) is 0 Å². The average Bonchev–Trinajstić information content (AvgIpc) is 2.73. The first-order valence-electron chi connectivity index (χ1n) is 5.48. The Hall–Kier alpha value is -0.950. The topological polar surface area (TPSA) is 51.0 Å². The molecule has 1 N–H and O–H groups in total. The first kappa shape index (κ1) is 12.5. The van der Waals surface area contributed by atoms with E-state index in [2.05, 4.69) is 62.3 Å². The molecule has 0 bridgehead atoms. The number of aromatic nitrogens is 2. The number of hydrogen-bond acceptors (Lipinski definition) is 4. The summed E-state index contributed by atoms with van der Waals surface area (Å²) in [6.07, 6.45) is 0.769. The van der Waals surface area contributed by atoms with Gasteiger partial charge in [-0.15, -0.1) is 0 Å². The Morgan fingerprint density at radius 3 is 2.71 bits per heavy atom. The van der Waals surface area contributed by atoms with Gasteiger partial charge in [-0.1, -0.05) is 17.3 Å². The summed E-state index contributed by atoms with van der Waals surface area (Å²) in [5.74, 6) is 1.38. The van der Waals surface area contributed by atoms with Crippen LogP contribution in [-0.4, -0.2) is 16.7 Å². The van der Waals surface area contributed by atoms with E-state index >= 15 is 0 Å². The van der Waals surface area contributed by atoms with Crippen molar-refractivity contribution in [2.45, 2.75) is 19.9 Å². The number of benzene rings is 1. The number of hydrogen-bond donors (Lipinski definition) is 1. The van der Waals surface area contributed by atoms with Crippen LogP contribution in [0.2, 0.25) is 0 Å². The predicted octanol–water partition coefficient (Wildman–Crippen LogP) is 2.31. The zero-order valence-corrected chi connectivity index (χ0v) is 11.8. The molecule has 1 aromatic heterocycles. The van der Waals surface area contributed by atoms with Crippen molar-refractivity contribution in [3.05, 3.63) is 45.1 Å². The number of nitrogens with one attached hydrogen (secondary N) is 1. The summed E-state index contributed by atoms with van der Waals surface area (Å²) in [5.41, 5.74) is 1.28. The molecule has 0 radical (unpaired) electrons. The Morgan fingerprint density at radius 2 is 2.06 bits per heavy atom. The molecule has 90 valence electrons. The fraction of sp³-hybridized carbons (Fsp3) is 0.333. The average molecular weight is 343 g/mol. The van der Waals surface area contributed by atoms with Crippen LogP contribution < -0.4 is 5.32 Å². The highest BCUT2D eigenvalue weighted by atomic mass is 127. The first-order valence-corrected chi connectivity index (χ1v) is 6.56. The largest absolute Gasteiger partial charge is 0.339 e. The summed E-state index contributed by atoms with van der Waals surface area (Å²) in [5, 5.41) is 7.10. The van der Waals surface area contributed by atoms with Crippen molar-refractivity contribution in [3.63, 3.8) is 0 Å². The van der Waals surface area contributed by atoms with Crippen LogP contribution in [0, 0.1) is 10.5 Å². The maximum atomic E-state index is 5.03. The van der Waals surface area contributed by atoms with Gasteiger partial charge in [0.2, 0.25) is 5.89 Å². The van der Waals surface area contributed by atoms with Crippen LogP contribution in [0.3, 0.4) is 0 Å². The van der Waals surface area contributed by atoms with Crippen molar-refractivity contribution >= 4 is 22.6 Å². The van der Waals surface area contributed by atoms with E-state index in [0.29, 0.717) is 11.7 Å². The lowest BCUT2D eigenvalue weighted by Crippen LogP contribution is -2.16. The fourth-order valence-corrected chi connectivity index (χ4v) is 1.83. The van der Waals surface area contributed by atoms with Crippen LogP contribution in [-0.2, 0) is 13.0 Å². The van der Waals surface area contributed by atoms with Crippen LogP contribution in [0.5, 0.6) is 0 Å². The molecular formula is C12H14IN3O. The van der Waals surface area contributed by atoms with Crippen LogP contribution in [0.25, 0.3) is 0 Å². The lowest BCUT2D eigenvalue weighted by molar-refractivity contribution is 0.372. The van der Waals surface area contributed by atoms with E-state index in [4.69, 9.17) is 4.52 Å². The molecule has 0 amide bonds. The van der Waals surface area contributed by atoms with Crippen molar-refractivity contribution in [2.24, 2.45) is 0 Å². The van der Waals surface area contributed by atoms with Gasteiger partial charge >= 0.3 is 0 Å². The van der Waals surface area contributed by atoms with Gasteiger partial charge in [-0.05, 0) is 47.2 Å². The van der Waals surface area contributed by atoms with Gasteiger partial charge in [-0.25, -0.2) is 0 Å². The molecule has 0 spiro atoms. The number of aryl methyl sites for hydroxylation is 1. The van der Waals surface area contributed by atoms with Crippen molar-refractivity contribution in [1.29, 1.82) is 0 Å². The zero-order valence-electron chi connectivity index (χ0n) is 9.61. The van der Waals surface area contributed by atoms with Gasteiger partial charge in [0, 0.05) is 23.1 Å². The highest BCUT2D eigenvalue weighted by molar-refractivity contribution is 14.1. The Bertz CT molecular complexity index is 467. The highest BCUT2D eigenvalue weighted by Gasteiger charge is 2.01. The molecule has 0 aliphatic rings. The van der Waals surface area contributed by atoms with Crippen LogP contribution >= 0.6 is 22.6 Å². The maximum Gasteiger partial charge on any atom is 0.227 e. The van der Waals surface area contributed by atoms with Crippen molar-refractivity contribution in [2.75, 3.05) is 6.54 Å². The molecule has 0 unspecified atom stereocenters. The Labute approximate surface area is 114 Å². The minimum Gasteiger partial charge on any atom is -0.339 e. The van der Waals surface area contributed by atoms with E-state index in [1.165, 1.54) is 9.13 Å². The minimum atomic E-state index is 0.692. The second-order valence-electron chi connectivity index (χ2n) is 3.79. The van der Waals surface area contributed by atoms with E-state index in [9.17, 15) is 0 Å². The predicted molar refractivity (Wildman–Crippen MR) is 73.6 cm³/mol. The van der Waals surface area contributed by atoms with E-state index in [-0.39, 0.29) is 0 Å². The quantitative estimate of drug-likeness (QED) is 0.669. The number of halogens is 1. The molecule has 0 fully saturated rings. The van der Waals surface area contributed by atoms with Gasteiger partial charge < -0.3 is 9.84 Å². The Kier molecular flexibility index (Phi) is 4.49. The molecule has 4 nitrogen and oxygen atoms in total. The summed E-state index contributed by atoms with van der Waals surface area (Å²) in [6, 6.07) is 8.48. The van der Waals surface area contributed by atoms with E-state index < -0.39 is 0 Å². The summed E-state index contributed by atoms with van der Waals surface area (Å²) in [4.78, 5) is 4.15. The SMILES string of the molecule is Cc1noc(CCNCc2ccc(I)cc2)n1.